The molecule has 5 rings (SSSR count). The Balaban J connectivity index is 1.13. The maximum absolute atomic E-state index is 12.6. The Labute approximate surface area is 188 Å². The number of fused-ring (bicyclic) bond motifs is 1. The number of carbonyl (C=O) groups is 1. The van der Waals surface area contributed by atoms with Crippen molar-refractivity contribution in [1.29, 1.82) is 0 Å². The van der Waals surface area contributed by atoms with E-state index in [2.05, 4.69) is 46.2 Å². The lowest BCUT2D eigenvalue weighted by Crippen LogP contribution is -2.36. The maximum Gasteiger partial charge on any atom is 0.344 e. The Kier molecular flexibility index (Phi) is 5.91. The molecule has 3 heterocycles. The molecule has 3 aliphatic rings. The van der Waals surface area contributed by atoms with Gasteiger partial charge in [0.05, 0.1) is 30.6 Å². The molecule has 1 aromatic carbocycles. The number of aromatic nitrogens is 2. The van der Waals surface area contributed by atoms with E-state index in [1.807, 2.05) is 4.90 Å². The molecule has 1 aliphatic carbocycles. The van der Waals surface area contributed by atoms with Crippen LogP contribution in [0.2, 0.25) is 5.02 Å². The van der Waals surface area contributed by atoms with Gasteiger partial charge in [0.1, 0.15) is 0 Å². The number of amides is 1. The molecule has 7 nitrogen and oxygen atoms in total. The molecule has 8 heteroatoms. The molecule has 0 radical (unpaired) electrons. The minimum absolute atomic E-state index is 0.0634. The highest BCUT2D eigenvalue weighted by molar-refractivity contribution is 6.30. The van der Waals surface area contributed by atoms with Crippen molar-refractivity contribution in [2.45, 2.75) is 25.4 Å². The Morgan fingerprint density at radius 3 is 2.45 bits per heavy atom. The third-order valence-corrected chi connectivity index (χ3v) is 7.31. The van der Waals surface area contributed by atoms with Crippen LogP contribution in [0, 0.1) is 11.8 Å². The number of morpholine rings is 1. The molecular formula is C23H30ClN5O2. The van der Waals surface area contributed by atoms with Gasteiger partial charge in [-0.2, -0.15) is 9.78 Å². The van der Waals surface area contributed by atoms with Gasteiger partial charge in [-0.3, -0.25) is 4.90 Å². The summed E-state index contributed by atoms with van der Waals surface area (Å²) >= 11 is 5.91. The zero-order valence-electron chi connectivity index (χ0n) is 18.0. The van der Waals surface area contributed by atoms with Crippen molar-refractivity contribution in [3.8, 4) is 0 Å². The monoisotopic (exact) mass is 443 g/mol. The van der Waals surface area contributed by atoms with Gasteiger partial charge in [-0.25, -0.2) is 4.79 Å². The van der Waals surface area contributed by atoms with Gasteiger partial charge in [-0.15, -0.1) is 0 Å². The summed E-state index contributed by atoms with van der Waals surface area (Å²) in [5.74, 6) is 1.15. The number of hydrogen-bond donors (Lipinski definition) is 0. The molecule has 2 aliphatic heterocycles. The van der Waals surface area contributed by atoms with Crippen molar-refractivity contribution in [3.63, 3.8) is 0 Å². The number of anilines is 1. The fraction of sp³-hybridized carbons (Fsp3) is 0.565. The van der Waals surface area contributed by atoms with Crippen LogP contribution < -0.4 is 4.90 Å². The smallest absolute Gasteiger partial charge is 0.344 e. The van der Waals surface area contributed by atoms with Crippen molar-refractivity contribution in [2.24, 2.45) is 11.8 Å². The standard InChI is InChI=1S/C23H30ClN5O2/c1-26(13-17-2-4-21(5-3-17)27-6-8-31-9-7-27)22-10-18-14-28(15-19(18)11-22)23(30)29-16-20(24)12-25-29/h2-5,12,16,18-19,22H,6-11,13-15H2,1H3/t18-,19+,22+. The second-order valence-electron chi connectivity index (χ2n) is 9.12. The van der Waals surface area contributed by atoms with Crippen LogP contribution in [0.4, 0.5) is 10.5 Å². The summed E-state index contributed by atoms with van der Waals surface area (Å²) in [6.45, 7) is 6.16. The lowest BCUT2D eigenvalue weighted by atomic mass is 10.0. The molecule has 2 saturated heterocycles. The fourth-order valence-corrected chi connectivity index (χ4v) is 5.52. The van der Waals surface area contributed by atoms with Gasteiger partial charge in [0.25, 0.3) is 0 Å². The van der Waals surface area contributed by atoms with E-state index < -0.39 is 0 Å². The van der Waals surface area contributed by atoms with Crippen molar-refractivity contribution >= 4 is 23.3 Å². The van der Waals surface area contributed by atoms with Crippen molar-refractivity contribution in [2.75, 3.05) is 51.3 Å². The Morgan fingerprint density at radius 2 is 1.84 bits per heavy atom. The predicted molar refractivity (Wildman–Crippen MR) is 121 cm³/mol. The first kappa shape index (κ1) is 20.8. The lowest BCUT2D eigenvalue weighted by molar-refractivity contribution is 0.122. The molecule has 0 unspecified atom stereocenters. The van der Waals surface area contributed by atoms with E-state index in [1.54, 1.807) is 6.20 Å². The predicted octanol–water partition coefficient (Wildman–Crippen LogP) is 3.18. The van der Waals surface area contributed by atoms with Gasteiger partial charge >= 0.3 is 6.03 Å². The molecule has 1 amide bonds. The van der Waals surface area contributed by atoms with Gasteiger partial charge in [-0.05, 0) is 49.4 Å². The van der Waals surface area contributed by atoms with Crippen LogP contribution in [0.3, 0.4) is 0 Å². The average Bonchev–Trinajstić information content (AvgIpc) is 3.49. The van der Waals surface area contributed by atoms with E-state index in [4.69, 9.17) is 16.3 Å². The molecule has 166 valence electrons. The number of carbonyl (C=O) groups excluding carboxylic acids is 1. The summed E-state index contributed by atoms with van der Waals surface area (Å²) in [7, 11) is 2.23. The summed E-state index contributed by atoms with van der Waals surface area (Å²) in [6.07, 6.45) is 5.39. The zero-order valence-corrected chi connectivity index (χ0v) is 18.7. The minimum Gasteiger partial charge on any atom is -0.378 e. The molecule has 31 heavy (non-hydrogen) atoms. The van der Waals surface area contributed by atoms with Crippen LogP contribution in [0.15, 0.2) is 36.7 Å². The molecule has 1 aromatic heterocycles. The highest BCUT2D eigenvalue weighted by atomic mass is 35.5. The molecule has 0 spiro atoms. The van der Waals surface area contributed by atoms with Crippen LogP contribution in [-0.2, 0) is 11.3 Å². The minimum atomic E-state index is -0.0634. The van der Waals surface area contributed by atoms with Gasteiger partial charge in [0.2, 0.25) is 0 Å². The third kappa shape index (κ3) is 4.45. The Morgan fingerprint density at radius 1 is 1.16 bits per heavy atom. The highest BCUT2D eigenvalue weighted by Gasteiger charge is 2.43. The van der Waals surface area contributed by atoms with Crippen LogP contribution in [-0.4, -0.2) is 78.1 Å². The second kappa shape index (κ2) is 8.81. The van der Waals surface area contributed by atoms with Crippen LogP contribution in [0.5, 0.6) is 0 Å². The van der Waals surface area contributed by atoms with E-state index in [1.165, 1.54) is 22.1 Å². The van der Waals surface area contributed by atoms with Gasteiger partial charge in [0, 0.05) is 44.5 Å². The van der Waals surface area contributed by atoms with Gasteiger partial charge in [-0.1, -0.05) is 23.7 Å². The third-order valence-electron chi connectivity index (χ3n) is 7.11. The first-order valence-electron chi connectivity index (χ1n) is 11.2. The SMILES string of the molecule is CN(Cc1ccc(N2CCOCC2)cc1)[C@H]1C[C@@H]2CN(C(=O)n3cc(Cl)cn3)C[C@@H]2C1. The largest absolute Gasteiger partial charge is 0.378 e. The first-order valence-corrected chi connectivity index (χ1v) is 11.6. The molecule has 2 aromatic rings. The second-order valence-corrected chi connectivity index (χ2v) is 9.55. The molecule has 0 bridgehead atoms. The topological polar surface area (TPSA) is 53.8 Å². The number of benzene rings is 1. The average molecular weight is 444 g/mol. The summed E-state index contributed by atoms with van der Waals surface area (Å²) < 4.78 is 6.80. The van der Waals surface area contributed by atoms with Crippen LogP contribution in [0.1, 0.15) is 18.4 Å². The molecule has 1 saturated carbocycles. The zero-order chi connectivity index (χ0) is 21.4. The molecule has 3 fully saturated rings. The van der Waals surface area contributed by atoms with Gasteiger partial charge < -0.3 is 14.5 Å². The summed E-state index contributed by atoms with van der Waals surface area (Å²) in [5.41, 5.74) is 2.64. The van der Waals surface area contributed by atoms with Crippen molar-refractivity contribution in [3.05, 3.63) is 47.2 Å². The number of ether oxygens (including phenoxy) is 1. The fourth-order valence-electron chi connectivity index (χ4n) is 5.39. The quantitative estimate of drug-likeness (QED) is 0.726. The Bertz CT molecular complexity index is 897. The van der Waals surface area contributed by atoms with Crippen LogP contribution in [0.25, 0.3) is 0 Å². The Hall–Kier alpha value is -2.09. The van der Waals surface area contributed by atoms with Crippen molar-refractivity contribution in [1.82, 2.24) is 19.6 Å². The summed E-state index contributed by atoms with van der Waals surface area (Å²) in [6, 6.07) is 9.50. The van der Waals surface area contributed by atoms with E-state index >= 15 is 0 Å². The van der Waals surface area contributed by atoms with E-state index in [-0.39, 0.29) is 6.03 Å². The first-order chi connectivity index (χ1) is 15.1. The number of rotatable bonds is 4. The molecular weight excluding hydrogens is 414 g/mol. The van der Waals surface area contributed by atoms with E-state index in [9.17, 15) is 4.79 Å². The normalized spacial score (nSPS) is 26.0. The summed E-state index contributed by atoms with van der Waals surface area (Å²) in [5, 5.41) is 4.55. The molecule has 3 atom stereocenters. The van der Waals surface area contributed by atoms with E-state index in [0.717, 1.165) is 58.8 Å². The number of likely N-dealkylation sites (tertiary alicyclic amines) is 1. The number of hydrogen-bond acceptors (Lipinski definition) is 5. The lowest BCUT2D eigenvalue weighted by Gasteiger charge is -2.29. The number of halogens is 1. The summed E-state index contributed by atoms with van der Waals surface area (Å²) in [4.78, 5) is 19.4. The van der Waals surface area contributed by atoms with Crippen LogP contribution >= 0.6 is 11.6 Å². The van der Waals surface area contributed by atoms with E-state index in [0.29, 0.717) is 22.9 Å². The maximum atomic E-state index is 12.6. The van der Waals surface area contributed by atoms with Crippen molar-refractivity contribution < 1.29 is 9.53 Å². The number of nitrogens with zero attached hydrogens (tertiary/aromatic N) is 5. The highest BCUT2D eigenvalue weighted by Crippen LogP contribution is 2.40. The van der Waals surface area contributed by atoms with Gasteiger partial charge in [0.15, 0.2) is 0 Å². The molecule has 0 N–H and O–H groups in total.